The van der Waals surface area contributed by atoms with E-state index in [2.05, 4.69) is 4.98 Å². The highest BCUT2D eigenvalue weighted by Crippen LogP contribution is 2.12. The SMILES string of the molecule is Cc1cnc(Cn2ccc(=O)c(N)c2)s1. The molecule has 0 amide bonds. The summed E-state index contributed by atoms with van der Waals surface area (Å²) in [4.78, 5) is 16.5. The highest BCUT2D eigenvalue weighted by molar-refractivity contribution is 7.11. The normalized spacial score (nSPS) is 10.5. The van der Waals surface area contributed by atoms with E-state index in [4.69, 9.17) is 5.73 Å². The van der Waals surface area contributed by atoms with Crippen molar-refractivity contribution in [3.8, 4) is 0 Å². The number of nitrogens with two attached hydrogens (primary N) is 1. The summed E-state index contributed by atoms with van der Waals surface area (Å²) in [6.07, 6.45) is 5.19. The first kappa shape index (κ1) is 9.92. The van der Waals surface area contributed by atoms with E-state index in [1.54, 1.807) is 23.7 Å². The molecule has 0 fully saturated rings. The van der Waals surface area contributed by atoms with Crippen LogP contribution in [-0.2, 0) is 6.54 Å². The number of hydrogen-bond acceptors (Lipinski definition) is 4. The number of thiazole rings is 1. The molecule has 0 aliphatic rings. The van der Waals surface area contributed by atoms with Crippen LogP contribution in [0.3, 0.4) is 0 Å². The van der Waals surface area contributed by atoms with E-state index >= 15 is 0 Å². The molecule has 78 valence electrons. The number of rotatable bonds is 2. The van der Waals surface area contributed by atoms with E-state index in [1.165, 1.54) is 10.9 Å². The minimum absolute atomic E-state index is 0.137. The van der Waals surface area contributed by atoms with E-state index in [0.29, 0.717) is 6.54 Å². The van der Waals surface area contributed by atoms with Crippen LogP contribution in [0.15, 0.2) is 29.5 Å². The predicted molar refractivity (Wildman–Crippen MR) is 61.1 cm³/mol. The molecule has 0 bridgehead atoms. The molecule has 2 aromatic heterocycles. The summed E-state index contributed by atoms with van der Waals surface area (Å²) in [6, 6.07) is 1.47. The molecule has 4 nitrogen and oxygen atoms in total. The van der Waals surface area contributed by atoms with E-state index < -0.39 is 0 Å². The smallest absolute Gasteiger partial charge is 0.204 e. The molecule has 0 radical (unpaired) electrons. The van der Waals surface area contributed by atoms with Gasteiger partial charge in [-0.3, -0.25) is 4.79 Å². The number of hydrogen-bond donors (Lipinski definition) is 1. The van der Waals surface area contributed by atoms with Crippen molar-refractivity contribution in [2.75, 3.05) is 5.73 Å². The van der Waals surface area contributed by atoms with Crippen molar-refractivity contribution in [2.24, 2.45) is 0 Å². The van der Waals surface area contributed by atoms with E-state index in [1.807, 2.05) is 17.7 Å². The third kappa shape index (κ3) is 2.24. The fraction of sp³-hybridized carbons (Fsp3) is 0.200. The fourth-order valence-corrected chi connectivity index (χ4v) is 2.07. The van der Waals surface area contributed by atoms with Gasteiger partial charge in [0.25, 0.3) is 0 Å². The summed E-state index contributed by atoms with van der Waals surface area (Å²) < 4.78 is 1.86. The number of nitrogen functional groups attached to an aromatic ring is 1. The van der Waals surface area contributed by atoms with Crippen LogP contribution >= 0.6 is 11.3 Å². The minimum atomic E-state index is -0.137. The number of aromatic nitrogens is 2. The highest BCUT2D eigenvalue weighted by atomic mass is 32.1. The number of aryl methyl sites for hydroxylation is 1. The van der Waals surface area contributed by atoms with Crippen LogP contribution < -0.4 is 11.2 Å². The molecule has 0 saturated heterocycles. The largest absolute Gasteiger partial charge is 0.394 e. The molecule has 0 spiro atoms. The fourth-order valence-electron chi connectivity index (χ4n) is 1.27. The van der Waals surface area contributed by atoms with Gasteiger partial charge in [0.2, 0.25) is 5.43 Å². The van der Waals surface area contributed by atoms with Crippen LogP contribution in [-0.4, -0.2) is 9.55 Å². The summed E-state index contributed by atoms with van der Waals surface area (Å²) in [5.41, 5.74) is 5.66. The van der Waals surface area contributed by atoms with E-state index in [9.17, 15) is 4.79 Å². The molecular formula is C10H11N3OS. The maximum atomic E-state index is 11.1. The number of pyridine rings is 1. The Balaban J connectivity index is 2.25. The molecule has 5 heteroatoms. The maximum Gasteiger partial charge on any atom is 0.204 e. The van der Waals surface area contributed by atoms with Gasteiger partial charge in [0.1, 0.15) is 5.01 Å². The van der Waals surface area contributed by atoms with Crippen molar-refractivity contribution < 1.29 is 0 Å². The lowest BCUT2D eigenvalue weighted by atomic mass is 10.4. The average Bonchev–Trinajstić information content (AvgIpc) is 2.58. The Kier molecular flexibility index (Phi) is 2.55. The summed E-state index contributed by atoms with van der Waals surface area (Å²) in [7, 11) is 0. The Morgan fingerprint density at radius 1 is 1.60 bits per heavy atom. The van der Waals surface area contributed by atoms with Crippen LogP contribution in [0, 0.1) is 6.92 Å². The summed E-state index contributed by atoms with van der Waals surface area (Å²) in [5, 5.41) is 1.01. The molecule has 15 heavy (non-hydrogen) atoms. The summed E-state index contributed by atoms with van der Waals surface area (Å²) >= 11 is 1.64. The molecule has 0 saturated carbocycles. The van der Waals surface area contributed by atoms with Crippen molar-refractivity contribution in [1.82, 2.24) is 9.55 Å². The van der Waals surface area contributed by atoms with Crippen molar-refractivity contribution in [1.29, 1.82) is 0 Å². The van der Waals surface area contributed by atoms with Crippen molar-refractivity contribution in [3.63, 3.8) is 0 Å². The topological polar surface area (TPSA) is 60.9 Å². The molecule has 2 rings (SSSR count). The van der Waals surface area contributed by atoms with Crippen molar-refractivity contribution >= 4 is 17.0 Å². The first-order valence-corrected chi connectivity index (χ1v) is 5.33. The number of nitrogens with zero attached hydrogens (tertiary/aromatic N) is 2. The molecule has 0 unspecified atom stereocenters. The van der Waals surface area contributed by atoms with E-state index in [0.717, 1.165) is 5.01 Å². The lowest BCUT2D eigenvalue weighted by Crippen LogP contribution is -2.11. The lowest BCUT2D eigenvalue weighted by molar-refractivity contribution is 0.784. The van der Waals surface area contributed by atoms with Gasteiger partial charge < -0.3 is 10.3 Å². The third-order valence-electron chi connectivity index (χ3n) is 1.99. The Morgan fingerprint density at radius 2 is 2.40 bits per heavy atom. The van der Waals surface area contributed by atoms with Gasteiger partial charge in [0.05, 0.1) is 12.2 Å². The van der Waals surface area contributed by atoms with Crippen LogP contribution in [0.2, 0.25) is 0 Å². The Labute approximate surface area is 91.0 Å². The second-order valence-corrected chi connectivity index (χ2v) is 4.62. The zero-order chi connectivity index (χ0) is 10.8. The Morgan fingerprint density at radius 3 is 3.00 bits per heavy atom. The summed E-state index contributed by atoms with van der Waals surface area (Å²) in [6.45, 7) is 2.67. The van der Waals surface area contributed by atoms with Gasteiger partial charge in [0.15, 0.2) is 0 Å². The Bertz CT molecular complexity index is 529. The van der Waals surface area contributed by atoms with Crippen LogP contribution in [0.1, 0.15) is 9.88 Å². The van der Waals surface area contributed by atoms with Crippen LogP contribution in [0.5, 0.6) is 0 Å². The van der Waals surface area contributed by atoms with Crippen molar-refractivity contribution in [2.45, 2.75) is 13.5 Å². The van der Waals surface area contributed by atoms with Gasteiger partial charge in [-0.1, -0.05) is 0 Å². The molecule has 0 aromatic carbocycles. The second kappa shape index (κ2) is 3.86. The van der Waals surface area contributed by atoms with Gasteiger partial charge in [-0.15, -0.1) is 11.3 Å². The standard InChI is InChI=1S/C10H11N3OS/c1-7-4-12-10(15-7)6-13-3-2-9(14)8(11)5-13/h2-5H,6,11H2,1H3. The molecule has 0 atom stereocenters. The zero-order valence-corrected chi connectivity index (χ0v) is 9.12. The number of anilines is 1. The zero-order valence-electron chi connectivity index (χ0n) is 8.30. The minimum Gasteiger partial charge on any atom is -0.394 e. The van der Waals surface area contributed by atoms with Gasteiger partial charge in [-0.2, -0.15) is 0 Å². The molecule has 2 aromatic rings. The molecule has 2 heterocycles. The molecule has 0 aliphatic heterocycles. The maximum absolute atomic E-state index is 11.1. The second-order valence-electron chi connectivity index (χ2n) is 3.30. The Hall–Kier alpha value is -1.62. The van der Waals surface area contributed by atoms with Crippen molar-refractivity contribution in [3.05, 3.63) is 44.8 Å². The lowest BCUT2D eigenvalue weighted by Gasteiger charge is -2.03. The summed E-state index contributed by atoms with van der Waals surface area (Å²) in [5.74, 6) is 0. The average molecular weight is 221 g/mol. The molecular weight excluding hydrogens is 210 g/mol. The van der Waals surface area contributed by atoms with Gasteiger partial charge in [-0.25, -0.2) is 4.98 Å². The van der Waals surface area contributed by atoms with E-state index in [-0.39, 0.29) is 11.1 Å². The third-order valence-corrected chi connectivity index (χ3v) is 2.89. The van der Waals surface area contributed by atoms with Crippen LogP contribution in [0.25, 0.3) is 0 Å². The van der Waals surface area contributed by atoms with Gasteiger partial charge in [0, 0.05) is 29.5 Å². The molecule has 2 N–H and O–H groups in total. The quantitative estimate of drug-likeness (QED) is 0.830. The first-order valence-electron chi connectivity index (χ1n) is 4.52. The molecule has 0 aliphatic carbocycles. The van der Waals surface area contributed by atoms with Gasteiger partial charge in [-0.05, 0) is 6.92 Å². The predicted octanol–water partition coefficient (Wildman–Crippen LogP) is 1.24. The first-order chi connectivity index (χ1) is 7.15. The van der Waals surface area contributed by atoms with Gasteiger partial charge >= 0.3 is 0 Å². The van der Waals surface area contributed by atoms with Crippen LogP contribution in [0.4, 0.5) is 5.69 Å². The monoisotopic (exact) mass is 221 g/mol. The highest BCUT2D eigenvalue weighted by Gasteiger charge is 2.00.